The van der Waals surface area contributed by atoms with E-state index in [0.717, 1.165) is 6.07 Å². The molecule has 7 heteroatoms. The van der Waals surface area contributed by atoms with Crippen molar-refractivity contribution in [1.29, 1.82) is 0 Å². The predicted octanol–water partition coefficient (Wildman–Crippen LogP) is 2.51. The molecule has 5 nitrogen and oxygen atoms in total. The molecule has 0 spiro atoms. The number of carbonyl (C=O) groups excluding carboxylic acids is 3. The average molecular weight is 361 g/mol. The van der Waals surface area contributed by atoms with Crippen LogP contribution in [0.2, 0.25) is 0 Å². The molecular formula is C14H14BrFO5. The number of carbonyl (C=O) groups is 3. The molecule has 0 aromatic heterocycles. The third kappa shape index (κ3) is 4.35. The molecule has 1 rings (SSSR count). The van der Waals surface area contributed by atoms with Gasteiger partial charge in [-0.25, -0.2) is 4.39 Å². The summed E-state index contributed by atoms with van der Waals surface area (Å²) < 4.78 is 23.6. The number of ether oxygens (including phenoxy) is 2. The highest BCUT2D eigenvalue weighted by Crippen LogP contribution is 2.20. The van der Waals surface area contributed by atoms with Gasteiger partial charge in [0.25, 0.3) is 0 Å². The van der Waals surface area contributed by atoms with Crippen molar-refractivity contribution in [3.63, 3.8) is 0 Å². The molecule has 0 saturated heterocycles. The van der Waals surface area contributed by atoms with Crippen LogP contribution in [0.5, 0.6) is 0 Å². The van der Waals surface area contributed by atoms with Crippen LogP contribution in [-0.2, 0) is 19.1 Å². The fraction of sp³-hybridized carbons (Fsp3) is 0.357. The van der Waals surface area contributed by atoms with Crippen LogP contribution < -0.4 is 0 Å². The topological polar surface area (TPSA) is 69.7 Å². The summed E-state index contributed by atoms with van der Waals surface area (Å²) in [6.45, 7) is 3.04. The Bertz CT molecular complexity index is 540. The van der Waals surface area contributed by atoms with E-state index in [1.807, 2.05) is 0 Å². The summed E-state index contributed by atoms with van der Waals surface area (Å²) in [5.74, 6) is -5.76. The van der Waals surface area contributed by atoms with Crippen molar-refractivity contribution in [3.05, 3.63) is 34.1 Å². The molecule has 0 fully saturated rings. The molecule has 0 amide bonds. The molecule has 0 aliphatic rings. The van der Waals surface area contributed by atoms with Gasteiger partial charge in [0.15, 0.2) is 5.78 Å². The van der Waals surface area contributed by atoms with E-state index in [0.29, 0.717) is 4.47 Å². The molecule has 21 heavy (non-hydrogen) atoms. The molecule has 114 valence electrons. The van der Waals surface area contributed by atoms with Gasteiger partial charge in [0.2, 0.25) is 5.92 Å². The van der Waals surface area contributed by atoms with Crippen molar-refractivity contribution >= 4 is 33.7 Å². The van der Waals surface area contributed by atoms with Gasteiger partial charge >= 0.3 is 11.9 Å². The van der Waals surface area contributed by atoms with E-state index in [4.69, 9.17) is 0 Å². The summed E-state index contributed by atoms with van der Waals surface area (Å²) >= 11 is 3.10. The van der Waals surface area contributed by atoms with Gasteiger partial charge in [-0.15, -0.1) is 0 Å². The van der Waals surface area contributed by atoms with E-state index in [-0.39, 0.29) is 18.8 Å². The molecule has 1 aromatic rings. The summed E-state index contributed by atoms with van der Waals surface area (Å²) in [7, 11) is 0. The quantitative estimate of drug-likeness (QED) is 0.442. The van der Waals surface area contributed by atoms with Crippen LogP contribution in [0.1, 0.15) is 24.2 Å². The number of benzene rings is 1. The summed E-state index contributed by atoms with van der Waals surface area (Å²) in [5, 5.41) is 0. The second-order valence-corrected chi connectivity index (χ2v) is 4.84. The van der Waals surface area contributed by atoms with Gasteiger partial charge in [-0.3, -0.25) is 14.4 Å². The zero-order valence-corrected chi connectivity index (χ0v) is 13.1. The van der Waals surface area contributed by atoms with Gasteiger partial charge in [-0.1, -0.05) is 15.9 Å². The van der Waals surface area contributed by atoms with E-state index < -0.39 is 29.5 Å². The van der Waals surface area contributed by atoms with Crippen LogP contribution in [0.25, 0.3) is 0 Å². The van der Waals surface area contributed by atoms with Crippen LogP contribution >= 0.6 is 15.9 Å². The van der Waals surface area contributed by atoms with Crippen LogP contribution in [0, 0.1) is 11.7 Å². The normalized spacial score (nSPS) is 10.3. The van der Waals surface area contributed by atoms with Crippen molar-refractivity contribution in [1.82, 2.24) is 0 Å². The average Bonchev–Trinajstić information content (AvgIpc) is 2.42. The van der Waals surface area contributed by atoms with E-state index >= 15 is 0 Å². The monoisotopic (exact) mass is 360 g/mol. The zero-order chi connectivity index (χ0) is 16.0. The molecule has 0 aliphatic heterocycles. The van der Waals surface area contributed by atoms with Crippen molar-refractivity contribution in [2.24, 2.45) is 5.92 Å². The first-order valence-electron chi connectivity index (χ1n) is 6.24. The molecule has 0 N–H and O–H groups in total. The Morgan fingerprint density at radius 1 is 1.14 bits per heavy atom. The maximum atomic E-state index is 13.7. The van der Waals surface area contributed by atoms with Crippen LogP contribution in [-0.4, -0.2) is 30.9 Å². The number of esters is 2. The highest BCUT2D eigenvalue weighted by Gasteiger charge is 2.38. The number of hydrogen-bond donors (Lipinski definition) is 0. The first kappa shape index (κ1) is 17.3. The Kier molecular flexibility index (Phi) is 6.48. The van der Waals surface area contributed by atoms with Gasteiger partial charge in [0, 0.05) is 4.47 Å². The van der Waals surface area contributed by atoms with E-state index in [1.165, 1.54) is 26.0 Å². The van der Waals surface area contributed by atoms with Gasteiger partial charge < -0.3 is 9.47 Å². The van der Waals surface area contributed by atoms with Gasteiger partial charge in [0.1, 0.15) is 5.82 Å². The molecule has 0 bridgehead atoms. The Morgan fingerprint density at radius 2 is 1.67 bits per heavy atom. The molecular weight excluding hydrogens is 347 g/mol. The Balaban J connectivity index is 3.18. The third-order valence-corrected chi connectivity index (χ3v) is 2.99. The third-order valence-electron chi connectivity index (χ3n) is 2.50. The first-order valence-corrected chi connectivity index (χ1v) is 7.04. The molecule has 0 unspecified atom stereocenters. The lowest BCUT2D eigenvalue weighted by Gasteiger charge is -2.14. The minimum Gasteiger partial charge on any atom is -0.465 e. The highest BCUT2D eigenvalue weighted by atomic mass is 79.9. The molecule has 0 radical (unpaired) electrons. The Hall–Kier alpha value is -1.76. The molecule has 0 saturated carbocycles. The number of hydrogen-bond acceptors (Lipinski definition) is 5. The van der Waals surface area contributed by atoms with Crippen molar-refractivity contribution in [2.75, 3.05) is 13.2 Å². The van der Waals surface area contributed by atoms with Crippen molar-refractivity contribution in [2.45, 2.75) is 13.8 Å². The van der Waals surface area contributed by atoms with Crippen LogP contribution in [0.4, 0.5) is 4.39 Å². The van der Waals surface area contributed by atoms with Crippen LogP contribution in [0.15, 0.2) is 22.7 Å². The first-order chi connectivity index (χ1) is 9.92. The molecule has 1 aromatic carbocycles. The zero-order valence-electron chi connectivity index (χ0n) is 11.5. The Morgan fingerprint density at radius 3 is 2.14 bits per heavy atom. The van der Waals surface area contributed by atoms with Crippen molar-refractivity contribution in [3.8, 4) is 0 Å². The van der Waals surface area contributed by atoms with Gasteiger partial charge in [0.05, 0.1) is 18.8 Å². The minimum atomic E-state index is -1.83. The minimum absolute atomic E-state index is 0.0109. The SMILES string of the molecule is CCOC(=O)C(C(=O)OCC)C(=O)c1cc(Br)ccc1F. The van der Waals surface area contributed by atoms with Crippen molar-refractivity contribution < 1.29 is 28.2 Å². The predicted molar refractivity (Wildman–Crippen MR) is 75.2 cm³/mol. The van der Waals surface area contributed by atoms with E-state index in [9.17, 15) is 18.8 Å². The second kappa shape index (κ2) is 7.87. The fourth-order valence-electron chi connectivity index (χ4n) is 1.60. The largest absolute Gasteiger partial charge is 0.465 e. The molecule has 0 atom stereocenters. The second-order valence-electron chi connectivity index (χ2n) is 3.93. The molecule has 0 aliphatic carbocycles. The lowest BCUT2D eigenvalue weighted by Crippen LogP contribution is -2.35. The lowest BCUT2D eigenvalue weighted by molar-refractivity contribution is -0.158. The summed E-state index contributed by atoms with van der Waals surface area (Å²) in [6.07, 6.45) is 0. The maximum Gasteiger partial charge on any atom is 0.328 e. The summed E-state index contributed by atoms with van der Waals surface area (Å²) in [6, 6.07) is 3.66. The van der Waals surface area contributed by atoms with Gasteiger partial charge in [-0.05, 0) is 32.0 Å². The highest BCUT2D eigenvalue weighted by molar-refractivity contribution is 9.10. The summed E-state index contributed by atoms with van der Waals surface area (Å²) in [4.78, 5) is 35.9. The number of rotatable bonds is 6. The number of Topliss-reactive ketones (excluding diaryl/α,β-unsaturated/α-hetero) is 1. The van der Waals surface area contributed by atoms with E-state index in [2.05, 4.69) is 25.4 Å². The fourth-order valence-corrected chi connectivity index (χ4v) is 1.96. The van der Waals surface area contributed by atoms with Crippen LogP contribution in [0.3, 0.4) is 0 Å². The Labute approximate surface area is 129 Å². The standard InChI is InChI=1S/C14H14BrFO5/c1-3-20-13(18)11(14(19)21-4-2)12(17)9-7-8(15)5-6-10(9)16/h5-7,11H,3-4H2,1-2H3. The van der Waals surface area contributed by atoms with Gasteiger partial charge in [-0.2, -0.15) is 0 Å². The molecule has 0 heterocycles. The maximum absolute atomic E-state index is 13.7. The number of ketones is 1. The van der Waals surface area contributed by atoms with E-state index in [1.54, 1.807) is 0 Å². The summed E-state index contributed by atoms with van der Waals surface area (Å²) in [5.41, 5.74) is -0.379. The number of halogens is 2. The smallest absolute Gasteiger partial charge is 0.328 e. The lowest BCUT2D eigenvalue weighted by atomic mass is 9.97.